The Hall–Kier alpha value is 0.0900. The van der Waals surface area contributed by atoms with Crippen molar-refractivity contribution < 1.29 is 0 Å². The van der Waals surface area contributed by atoms with E-state index in [2.05, 4.69) is 44.4 Å². The lowest BCUT2D eigenvalue weighted by Gasteiger charge is -2.33. The summed E-state index contributed by atoms with van der Waals surface area (Å²) in [7, 11) is -0.355. The van der Waals surface area contributed by atoms with Crippen LogP contribution in [0, 0.1) is 0 Å². The van der Waals surface area contributed by atoms with Crippen molar-refractivity contribution in [2.45, 2.75) is 38.8 Å². The molecule has 1 aliphatic rings. The van der Waals surface area contributed by atoms with Gasteiger partial charge in [0.1, 0.15) is 0 Å². The maximum Gasteiger partial charge on any atom is 0.0596 e. The molecule has 0 amide bonds. The van der Waals surface area contributed by atoms with Crippen molar-refractivity contribution in [3.8, 4) is 0 Å². The predicted molar refractivity (Wildman–Crippen MR) is 51.5 cm³/mol. The fraction of sp³-hybridized carbons (Fsp3) is 0.750. The first-order valence-electron chi connectivity index (χ1n) is 3.86. The zero-order chi connectivity index (χ0) is 8.70. The second-order valence-electron chi connectivity index (χ2n) is 4.03. The van der Waals surface area contributed by atoms with Gasteiger partial charge in [0.2, 0.25) is 0 Å². The minimum atomic E-state index is -0.355. The summed E-state index contributed by atoms with van der Waals surface area (Å²) in [6, 6.07) is 0. The summed E-state index contributed by atoms with van der Waals surface area (Å²) in [5.41, 5.74) is 0.319. The van der Waals surface area contributed by atoms with Crippen molar-refractivity contribution in [3.05, 3.63) is 12.4 Å². The fourth-order valence-electron chi connectivity index (χ4n) is 1.00. The normalized spacial score (nSPS) is 28.7. The van der Waals surface area contributed by atoms with Crippen LogP contribution >= 0.6 is 8.22 Å². The van der Waals surface area contributed by atoms with Gasteiger partial charge in [-0.1, -0.05) is 6.58 Å². The molecule has 1 aliphatic heterocycles. The van der Waals surface area contributed by atoms with Crippen LogP contribution in [-0.2, 0) is 0 Å². The molecule has 11 heavy (non-hydrogen) atoms. The summed E-state index contributed by atoms with van der Waals surface area (Å²) < 4.78 is 0. The second-order valence-corrected chi connectivity index (χ2v) is 5.58. The lowest BCUT2D eigenvalue weighted by molar-refractivity contribution is 0.295. The Morgan fingerprint density at radius 3 is 1.64 bits per heavy atom. The highest BCUT2D eigenvalue weighted by molar-refractivity contribution is 7.57. The first-order valence-corrected chi connectivity index (χ1v) is 5.27. The van der Waals surface area contributed by atoms with Crippen molar-refractivity contribution in [3.63, 3.8) is 0 Å². The van der Waals surface area contributed by atoms with Crippen LogP contribution in [0.15, 0.2) is 12.4 Å². The van der Waals surface area contributed by atoms with E-state index >= 15 is 0 Å². The van der Waals surface area contributed by atoms with Gasteiger partial charge in [-0.05, 0) is 33.5 Å². The van der Waals surface area contributed by atoms with Crippen LogP contribution in [0.2, 0.25) is 0 Å². The Labute approximate surface area is 70.3 Å². The molecule has 64 valence electrons. The third-order valence-corrected chi connectivity index (χ3v) is 4.51. The van der Waals surface area contributed by atoms with Gasteiger partial charge >= 0.3 is 0 Å². The Balaban J connectivity index is 2.79. The van der Waals surface area contributed by atoms with Crippen LogP contribution in [0.4, 0.5) is 0 Å². The zero-order valence-electron chi connectivity index (χ0n) is 7.73. The Kier molecular flexibility index (Phi) is 2.13. The van der Waals surface area contributed by atoms with Gasteiger partial charge < -0.3 is 0 Å². The van der Waals surface area contributed by atoms with Crippen LogP contribution in [0.1, 0.15) is 27.7 Å². The molecule has 0 unspecified atom stereocenters. The van der Waals surface area contributed by atoms with Gasteiger partial charge in [0.05, 0.1) is 8.22 Å². The van der Waals surface area contributed by atoms with Crippen LogP contribution in [0.25, 0.3) is 0 Å². The van der Waals surface area contributed by atoms with Gasteiger partial charge in [-0.3, -0.25) is 10.2 Å². The molecular weight excluding hydrogens is 155 g/mol. The largest absolute Gasteiger partial charge is 0.273 e. The Morgan fingerprint density at radius 1 is 1.09 bits per heavy atom. The highest BCUT2D eigenvalue weighted by Crippen LogP contribution is 2.44. The number of nitrogens with one attached hydrogen (secondary N) is 2. The van der Waals surface area contributed by atoms with Crippen LogP contribution < -0.4 is 10.2 Å². The first-order chi connectivity index (χ1) is 4.89. The number of hydrogen-bond donors (Lipinski definition) is 2. The van der Waals surface area contributed by atoms with E-state index in [1.807, 2.05) is 5.82 Å². The molecule has 0 bridgehead atoms. The van der Waals surface area contributed by atoms with Crippen LogP contribution in [0.3, 0.4) is 0 Å². The van der Waals surface area contributed by atoms with Crippen LogP contribution in [0.5, 0.6) is 0 Å². The van der Waals surface area contributed by atoms with Gasteiger partial charge in [-0.2, -0.15) is 0 Å². The number of rotatable bonds is 1. The molecule has 2 N–H and O–H groups in total. The molecule has 0 aromatic heterocycles. The lowest BCUT2D eigenvalue weighted by Crippen LogP contribution is -2.51. The van der Waals surface area contributed by atoms with Crippen molar-refractivity contribution >= 4 is 8.22 Å². The maximum atomic E-state index is 3.78. The monoisotopic (exact) mass is 172 g/mol. The summed E-state index contributed by atoms with van der Waals surface area (Å²) in [6.07, 6.45) is 0. The molecule has 1 saturated heterocycles. The molecule has 0 radical (unpaired) electrons. The van der Waals surface area contributed by atoms with Crippen molar-refractivity contribution in [1.82, 2.24) is 10.2 Å². The topological polar surface area (TPSA) is 24.1 Å². The smallest absolute Gasteiger partial charge is 0.0596 e. The standard InChI is InChI=1S/C8H17N2P/c1-6-11-9-7(2,3)8(4,5)10-11/h6,9-10H,1H2,2-5H3. The first kappa shape index (κ1) is 9.18. The molecule has 1 heterocycles. The third kappa shape index (κ3) is 1.48. The molecule has 3 heteroatoms. The van der Waals surface area contributed by atoms with Gasteiger partial charge in [0.15, 0.2) is 0 Å². The van der Waals surface area contributed by atoms with Crippen molar-refractivity contribution in [2.24, 2.45) is 0 Å². The Bertz CT molecular complexity index is 159. The third-order valence-electron chi connectivity index (χ3n) is 2.54. The SMILES string of the molecule is C=CP1NC(C)(C)C(C)(C)N1. The molecular formula is C8H17N2P. The van der Waals surface area contributed by atoms with E-state index < -0.39 is 0 Å². The van der Waals surface area contributed by atoms with E-state index in [1.165, 1.54) is 0 Å². The van der Waals surface area contributed by atoms with Crippen LogP contribution in [-0.4, -0.2) is 11.1 Å². The van der Waals surface area contributed by atoms with Gasteiger partial charge in [0, 0.05) is 11.1 Å². The molecule has 0 spiro atoms. The summed E-state index contributed by atoms with van der Waals surface area (Å²) in [5.74, 6) is 1.96. The van der Waals surface area contributed by atoms with Gasteiger partial charge in [-0.25, -0.2) is 0 Å². The fourth-order valence-corrected chi connectivity index (χ4v) is 3.00. The molecule has 0 aromatic rings. The van der Waals surface area contributed by atoms with E-state index in [4.69, 9.17) is 0 Å². The average molecular weight is 172 g/mol. The van der Waals surface area contributed by atoms with Gasteiger partial charge in [0.25, 0.3) is 0 Å². The second kappa shape index (κ2) is 2.55. The maximum absolute atomic E-state index is 3.78. The van der Waals surface area contributed by atoms with E-state index in [-0.39, 0.29) is 19.3 Å². The lowest BCUT2D eigenvalue weighted by atomic mass is 9.85. The summed E-state index contributed by atoms with van der Waals surface area (Å²) in [6.45, 7) is 12.6. The van der Waals surface area contributed by atoms with Crippen molar-refractivity contribution in [2.75, 3.05) is 0 Å². The molecule has 1 fully saturated rings. The minimum Gasteiger partial charge on any atom is -0.273 e. The highest BCUT2D eigenvalue weighted by atomic mass is 31.1. The van der Waals surface area contributed by atoms with E-state index in [1.54, 1.807) is 0 Å². The summed E-state index contributed by atoms with van der Waals surface area (Å²) in [5, 5.41) is 7.01. The molecule has 0 atom stereocenters. The number of hydrogen-bond acceptors (Lipinski definition) is 2. The van der Waals surface area contributed by atoms with E-state index in [0.29, 0.717) is 0 Å². The molecule has 0 aromatic carbocycles. The summed E-state index contributed by atoms with van der Waals surface area (Å²) in [4.78, 5) is 0. The predicted octanol–water partition coefficient (Wildman–Crippen LogP) is 2.19. The Morgan fingerprint density at radius 2 is 1.45 bits per heavy atom. The van der Waals surface area contributed by atoms with E-state index in [9.17, 15) is 0 Å². The van der Waals surface area contributed by atoms with E-state index in [0.717, 1.165) is 0 Å². The molecule has 1 rings (SSSR count). The summed E-state index contributed by atoms with van der Waals surface area (Å²) >= 11 is 0. The quantitative estimate of drug-likeness (QED) is 0.592. The molecule has 2 nitrogen and oxygen atoms in total. The van der Waals surface area contributed by atoms with Crippen molar-refractivity contribution in [1.29, 1.82) is 0 Å². The zero-order valence-corrected chi connectivity index (χ0v) is 8.63. The average Bonchev–Trinajstić information content (AvgIpc) is 2.03. The minimum absolute atomic E-state index is 0.160. The highest BCUT2D eigenvalue weighted by Gasteiger charge is 2.44. The molecule has 0 aliphatic carbocycles. The van der Waals surface area contributed by atoms with Gasteiger partial charge in [-0.15, -0.1) is 0 Å². The molecule has 0 saturated carbocycles.